The van der Waals surface area contributed by atoms with Crippen LogP contribution < -0.4 is 0 Å². The van der Waals surface area contributed by atoms with Crippen LogP contribution in [0.25, 0.3) is 55.4 Å². The average Bonchev–Trinajstić information content (AvgIpc) is 3.58. The second-order valence-corrected chi connectivity index (χ2v) is 10.8. The van der Waals surface area contributed by atoms with Gasteiger partial charge in [-0.05, 0) is 45.8 Å². The summed E-state index contributed by atoms with van der Waals surface area (Å²) in [6.45, 7) is 0. The van der Waals surface area contributed by atoms with E-state index in [9.17, 15) is 0 Å². The molecule has 0 unspecified atom stereocenters. The van der Waals surface area contributed by atoms with Crippen molar-refractivity contribution in [1.82, 2.24) is 18.8 Å². The summed E-state index contributed by atoms with van der Waals surface area (Å²) in [6.07, 6.45) is 8.55. The molecule has 0 N–H and O–H groups in total. The molecule has 0 aliphatic carbocycles. The number of imidazole rings is 2. The molecule has 4 aromatic carbocycles. The monoisotopic (exact) mass is 518 g/mol. The lowest BCUT2D eigenvalue weighted by atomic mass is 10.2. The molecule has 39 heavy (non-hydrogen) atoms. The molecule has 5 heteroatoms. The Kier molecular flexibility index (Phi) is 5.03. The van der Waals surface area contributed by atoms with E-state index in [1.54, 1.807) is 11.8 Å². The summed E-state index contributed by atoms with van der Waals surface area (Å²) < 4.78 is 4.24. The van der Waals surface area contributed by atoms with E-state index in [0.717, 1.165) is 43.6 Å². The largest absolute Gasteiger partial charge is 0.306 e. The zero-order chi connectivity index (χ0) is 25.8. The lowest BCUT2D eigenvalue weighted by Gasteiger charge is -2.10. The van der Waals surface area contributed by atoms with Crippen LogP contribution in [0.1, 0.15) is 0 Å². The quantitative estimate of drug-likeness (QED) is 0.234. The Bertz CT molecular complexity index is 1910. The lowest BCUT2D eigenvalue weighted by Crippen LogP contribution is -1.86. The van der Waals surface area contributed by atoms with Crippen LogP contribution in [0.4, 0.5) is 0 Å². The molecular weight excluding hydrogens is 496 g/mol. The first kappa shape index (κ1) is 22.1. The van der Waals surface area contributed by atoms with Gasteiger partial charge in [0.2, 0.25) is 0 Å². The lowest BCUT2D eigenvalue weighted by molar-refractivity contribution is 1.21. The molecule has 0 amide bonds. The van der Waals surface area contributed by atoms with Gasteiger partial charge in [0.1, 0.15) is 11.3 Å². The molecule has 4 nitrogen and oxygen atoms in total. The molecule has 0 spiro atoms. The molecule has 4 heterocycles. The van der Waals surface area contributed by atoms with Crippen LogP contribution in [0.2, 0.25) is 0 Å². The second kappa shape index (κ2) is 8.86. The van der Waals surface area contributed by atoms with Crippen molar-refractivity contribution in [2.75, 3.05) is 0 Å². The van der Waals surface area contributed by atoms with Gasteiger partial charge in [0.25, 0.3) is 0 Å². The maximum Gasteiger partial charge on any atom is 0.138 e. The first-order valence-electron chi connectivity index (χ1n) is 12.9. The molecule has 0 aliphatic rings. The van der Waals surface area contributed by atoms with Crippen molar-refractivity contribution in [3.05, 3.63) is 134 Å². The first-order valence-corrected chi connectivity index (χ1v) is 13.7. The van der Waals surface area contributed by atoms with Gasteiger partial charge >= 0.3 is 0 Å². The highest BCUT2D eigenvalue weighted by Crippen LogP contribution is 2.40. The van der Waals surface area contributed by atoms with Gasteiger partial charge < -0.3 is 8.80 Å². The van der Waals surface area contributed by atoms with Crippen LogP contribution in [0, 0.1) is 0 Å². The number of nitrogens with zero attached hydrogens (tertiary/aromatic N) is 4. The van der Waals surface area contributed by atoms with Crippen LogP contribution in [0.5, 0.6) is 0 Å². The molecule has 0 saturated heterocycles. The van der Waals surface area contributed by atoms with Crippen LogP contribution >= 0.6 is 11.8 Å². The molecule has 0 radical (unpaired) electrons. The van der Waals surface area contributed by atoms with E-state index in [-0.39, 0.29) is 0 Å². The van der Waals surface area contributed by atoms with E-state index in [1.807, 2.05) is 0 Å². The van der Waals surface area contributed by atoms with Crippen molar-refractivity contribution in [2.45, 2.75) is 9.79 Å². The van der Waals surface area contributed by atoms with Gasteiger partial charge in [0.05, 0.1) is 11.4 Å². The molecule has 0 atom stereocenters. The third-order valence-corrected chi connectivity index (χ3v) is 8.34. The predicted octanol–water partition coefficient (Wildman–Crippen LogP) is 8.77. The fourth-order valence-corrected chi connectivity index (χ4v) is 6.34. The van der Waals surface area contributed by atoms with Crippen LogP contribution in [-0.4, -0.2) is 18.8 Å². The van der Waals surface area contributed by atoms with Gasteiger partial charge in [0.15, 0.2) is 0 Å². The molecule has 0 fully saturated rings. The summed E-state index contributed by atoms with van der Waals surface area (Å²) >= 11 is 1.76. The minimum atomic E-state index is 0.945. The number of hydrogen-bond acceptors (Lipinski definition) is 3. The van der Waals surface area contributed by atoms with E-state index in [1.165, 1.54) is 21.5 Å². The number of rotatable bonds is 4. The van der Waals surface area contributed by atoms with E-state index in [4.69, 9.17) is 9.97 Å². The van der Waals surface area contributed by atoms with Gasteiger partial charge in [-0.1, -0.05) is 96.7 Å². The van der Waals surface area contributed by atoms with Crippen molar-refractivity contribution in [3.63, 3.8) is 0 Å². The zero-order valence-corrected chi connectivity index (χ0v) is 21.7. The number of pyridine rings is 2. The number of fused-ring (bicyclic) bond motifs is 4. The summed E-state index contributed by atoms with van der Waals surface area (Å²) in [5.74, 6) is 0. The topological polar surface area (TPSA) is 34.6 Å². The Labute approximate surface area is 229 Å². The van der Waals surface area contributed by atoms with Gasteiger partial charge in [-0.25, -0.2) is 9.97 Å². The van der Waals surface area contributed by atoms with E-state index in [2.05, 4.69) is 143 Å². The Hall–Kier alpha value is -4.87. The van der Waals surface area contributed by atoms with Gasteiger partial charge in [-0.15, -0.1) is 0 Å². The minimum absolute atomic E-state index is 0.945. The van der Waals surface area contributed by atoms with Crippen LogP contribution in [-0.2, 0) is 0 Å². The van der Waals surface area contributed by atoms with Gasteiger partial charge in [-0.3, -0.25) is 0 Å². The summed E-state index contributed by atoms with van der Waals surface area (Å²) in [5.41, 5.74) is 6.05. The molecule has 184 valence electrons. The van der Waals surface area contributed by atoms with E-state index in [0.29, 0.717) is 0 Å². The number of aromatic nitrogens is 4. The maximum absolute atomic E-state index is 5.01. The van der Waals surface area contributed by atoms with Crippen molar-refractivity contribution in [1.29, 1.82) is 0 Å². The van der Waals surface area contributed by atoms with Crippen molar-refractivity contribution >= 4 is 44.6 Å². The van der Waals surface area contributed by atoms with E-state index >= 15 is 0 Å². The van der Waals surface area contributed by atoms with Crippen molar-refractivity contribution in [2.24, 2.45) is 0 Å². The third-order valence-electron chi connectivity index (χ3n) is 7.19. The third kappa shape index (κ3) is 3.87. The standard InChI is InChI=1S/C34H22N4S/c1-3-11-25-19-37-21-29(35-33(37)17-23(25)9-1)27-13-5-7-15-31(27)39-32-16-8-6-14-28(32)30-22-38-20-26-12-4-2-10-24(26)18-34(38)36-30/h1-22H. The predicted molar refractivity (Wildman–Crippen MR) is 160 cm³/mol. The maximum atomic E-state index is 5.01. The highest BCUT2D eigenvalue weighted by molar-refractivity contribution is 7.99. The number of benzene rings is 4. The van der Waals surface area contributed by atoms with Gasteiger partial charge in [0, 0.05) is 45.7 Å². The normalized spacial score (nSPS) is 11.7. The van der Waals surface area contributed by atoms with Crippen LogP contribution in [0.15, 0.2) is 144 Å². The molecule has 8 aromatic rings. The molecule has 8 rings (SSSR count). The molecule has 0 aliphatic heterocycles. The Morgan fingerprint density at radius 1 is 0.436 bits per heavy atom. The highest BCUT2D eigenvalue weighted by atomic mass is 32.2. The minimum Gasteiger partial charge on any atom is -0.306 e. The van der Waals surface area contributed by atoms with Crippen molar-refractivity contribution in [3.8, 4) is 22.5 Å². The summed E-state index contributed by atoms with van der Waals surface area (Å²) in [7, 11) is 0. The molecule has 4 aromatic heterocycles. The summed E-state index contributed by atoms with van der Waals surface area (Å²) in [6, 6.07) is 38.1. The summed E-state index contributed by atoms with van der Waals surface area (Å²) in [5, 5.41) is 4.79. The Morgan fingerprint density at radius 2 is 0.846 bits per heavy atom. The van der Waals surface area contributed by atoms with Crippen LogP contribution in [0.3, 0.4) is 0 Å². The zero-order valence-electron chi connectivity index (χ0n) is 20.9. The average molecular weight is 519 g/mol. The SMILES string of the molecule is c1ccc(-c2cn3cc4ccccc4cc3n2)c(Sc2ccccc2-c2cn3cc4ccccc4cc3n2)c1. The first-order chi connectivity index (χ1) is 19.3. The fraction of sp³-hybridized carbons (Fsp3) is 0. The van der Waals surface area contributed by atoms with Crippen molar-refractivity contribution < 1.29 is 0 Å². The van der Waals surface area contributed by atoms with Gasteiger partial charge in [-0.2, -0.15) is 0 Å². The Balaban J connectivity index is 1.20. The van der Waals surface area contributed by atoms with E-state index < -0.39 is 0 Å². The molecule has 0 bridgehead atoms. The summed E-state index contributed by atoms with van der Waals surface area (Å²) in [4.78, 5) is 12.3. The molecule has 0 saturated carbocycles. The second-order valence-electron chi connectivity index (χ2n) is 9.68. The smallest absolute Gasteiger partial charge is 0.138 e. The highest BCUT2D eigenvalue weighted by Gasteiger charge is 2.15. The fourth-order valence-electron chi connectivity index (χ4n) is 5.25. The molecular formula is C34H22N4S. The Morgan fingerprint density at radius 3 is 1.33 bits per heavy atom. The number of hydrogen-bond donors (Lipinski definition) is 0.